The fraction of sp³-hybridized carbons (Fsp3) is 0.350. The van der Waals surface area contributed by atoms with Gasteiger partial charge in [0.1, 0.15) is 6.17 Å². The molecule has 1 unspecified atom stereocenters. The van der Waals surface area contributed by atoms with E-state index in [1.54, 1.807) is 17.0 Å². The normalized spacial score (nSPS) is 16.4. The van der Waals surface area contributed by atoms with Gasteiger partial charge in [-0.2, -0.15) is 0 Å². The largest absolute Gasteiger partial charge is 0.503 e. The number of carbonyl (C=O) groups is 1. The van der Waals surface area contributed by atoms with Crippen molar-refractivity contribution in [2.45, 2.75) is 26.9 Å². The van der Waals surface area contributed by atoms with Gasteiger partial charge in [0.2, 0.25) is 0 Å². The second-order valence-corrected chi connectivity index (χ2v) is 7.13. The summed E-state index contributed by atoms with van der Waals surface area (Å²) in [5.74, 6) is 0.496. The van der Waals surface area contributed by atoms with E-state index in [-0.39, 0.29) is 16.7 Å². The highest BCUT2D eigenvalue weighted by molar-refractivity contribution is 6.32. The van der Waals surface area contributed by atoms with Crippen LogP contribution in [0.2, 0.25) is 5.02 Å². The van der Waals surface area contributed by atoms with E-state index in [4.69, 9.17) is 16.3 Å². The number of nitrogens with one attached hydrogen (secondary N) is 1. The molecular weight excluding hydrogens is 352 g/mol. The van der Waals surface area contributed by atoms with E-state index in [1.807, 2.05) is 31.2 Å². The van der Waals surface area contributed by atoms with Crippen molar-refractivity contribution in [3.63, 3.8) is 0 Å². The Balaban J connectivity index is 2.08. The fourth-order valence-corrected chi connectivity index (χ4v) is 3.37. The first-order valence-corrected chi connectivity index (χ1v) is 9.11. The van der Waals surface area contributed by atoms with Crippen LogP contribution >= 0.6 is 11.6 Å². The summed E-state index contributed by atoms with van der Waals surface area (Å²) in [5.41, 5.74) is 2.20. The summed E-state index contributed by atoms with van der Waals surface area (Å²) in [4.78, 5) is 14.9. The highest BCUT2D eigenvalue weighted by Crippen LogP contribution is 2.40. The third kappa shape index (κ3) is 3.44. The van der Waals surface area contributed by atoms with E-state index >= 15 is 0 Å². The molecule has 1 aliphatic heterocycles. The van der Waals surface area contributed by atoms with Crippen LogP contribution in [0.25, 0.3) is 0 Å². The number of halogens is 1. The maximum absolute atomic E-state index is 13.1. The topological polar surface area (TPSA) is 61.8 Å². The zero-order chi connectivity index (χ0) is 18.8. The first-order chi connectivity index (χ1) is 12.4. The molecule has 0 saturated heterocycles. The number of aromatic hydroxyl groups is 1. The molecule has 1 aliphatic rings. The summed E-state index contributed by atoms with van der Waals surface area (Å²) in [5, 5.41) is 13.7. The van der Waals surface area contributed by atoms with Crippen LogP contribution in [0.3, 0.4) is 0 Å². The van der Waals surface area contributed by atoms with Crippen molar-refractivity contribution >= 4 is 23.2 Å². The van der Waals surface area contributed by atoms with Gasteiger partial charge < -0.3 is 20.1 Å². The Kier molecular flexibility index (Phi) is 5.28. The van der Waals surface area contributed by atoms with E-state index in [1.165, 1.54) is 0 Å². The lowest BCUT2D eigenvalue weighted by molar-refractivity contribution is 0.0657. The molecule has 26 heavy (non-hydrogen) atoms. The number of carbonyl (C=O) groups excluding carboxylic acids is 1. The lowest BCUT2D eigenvalue weighted by atomic mass is 10.0. The number of hydrogen-bond acceptors (Lipinski definition) is 4. The van der Waals surface area contributed by atoms with Crippen LogP contribution in [0.4, 0.5) is 5.69 Å². The molecule has 2 aromatic rings. The van der Waals surface area contributed by atoms with E-state index in [0.29, 0.717) is 30.4 Å². The summed E-state index contributed by atoms with van der Waals surface area (Å²) in [6.45, 7) is 6.97. The average Bonchev–Trinajstić information content (AvgIpc) is 2.61. The highest BCUT2D eigenvalue weighted by Gasteiger charge is 2.33. The van der Waals surface area contributed by atoms with Crippen molar-refractivity contribution < 1.29 is 14.6 Å². The first kappa shape index (κ1) is 18.4. The molecule has 0 saturated carbocycles. The smallest absolute Gasteiger partial charge is 0.257 e. The van der Waals surface area contributed by atoms with Crippen LogP contribution in [-0.4, -0.2) is 29.1 Å². The standard InChI is InChI=1S/C20H23ClN2O3/c1-4-26-17-10-13(9-15(21)18(17)24)19-22-16-8-6-5-7-14(16)20(25)23(19)11-12(2)3/h5-10,12,19,22,24H,4,11H2,1-3H3. The zero-order valence-corrected chi connectivity index (χ0v) is 15.9. The molecule has 6 heteroatoms. The molecule has 3 rings (SSSR count). The number of ether oxygens (including phenoxy) is 1. The predicted molar refractivity (Wildman–Crippen MR) is 103 cm³/mol. The Morgan fingerprint density at radius 1 is 1.31 bits per heavy atom. The molecule has 0 spiro atoms. The number of phenols is 1. The van der Waals surface area contributed by atoms with Crippen molar-refractivity contribution in [2.24, 2.45) is 5.92 Å². The van der Waals surface area contributed by atoms with Crippen LogP contribution < -0.4 is 10.1 Å². The minimum absolute atomic E-state index is 0.0276. The van der Waals surface area contributed by atoms with Crippen molar-refractivity contribution in [3.05, 3.63) is 52.5 Å². The molecule has 138 valence electrons. The Morgan fingerprint density at radius 3 is 2.73 bits per heavy atom. The molecule has 1 heterocycles. The summed E-state index contributed by atoms with van der Waals surface area (Å²) >= 11 is 6.20. The Labute approximate surface area is 158 Å². The summed E-state index contributed by atoms with van der Waals surface area (Å²) in [6.07, 6.45) is -0.392. The summed E-state index contributed by atoms with van der Waals surface area (Å²) in [7, 11) is 0. The predicted octanol–water partition coefficient (Wildman–Crippen LogP) is 4.67. The minimum atomic E-state index is -0.392. The summed E-state index contributed by atoms with van der Waals surface area (Å²) < 4.78 is 5.50. The van der Waals surface area contributed by atoms with Crippen molar-refractivity contribution in [3.8, 4) is 11.5 Å². The number of anilines is 1. The monoisotopic (exact) mass is 374 g/mol. The molecule has 2 aromatic carbocycles. The van der Waals surface area contributed by atoms with Gasteiger partial charge in [-0.1, -0.05) is 37.6 Å². The van der Waals surface area contributed by atoms with Gasteiger partial charge in [-0.15, -0.1) is 0 Å². The molecule has 5 nitrogen and oxygen atoms in total. The molecule has 0 aliphatic carbocycles. The fourth-order valence-electron chi connectivity index (χ4n) is 3.15. The number of para-hydroxylation sites is 1. The van der Waals surface area contributed by atoms with Crippen LogP contribution in [-0.2, 0) is 0 Å². The highest BCUT2D eigenvalue weighted by atomic mass is 35.5. The molecular formula is C20H23ClN2O3. The summed E-state index contributed by atoms with van der Waals surface area (Å²) in [6, 6.07) is 10.9. The number of fused-ring (bicyclic) bond motifs is 1. The Bertz CT molecular complexity index is 823. The lowest BCUT2D eigenvalue weighted by Gasteiger charge is -2.39. The van der Waals surface area contributed by atoms with E-state index in [2.05, 4.69) is 19.2 Å². The first-order valence-electron chi connectivity index (χ1n) is 8.74. The van der Waals surface area contributed by atoms with Gasteiger partial charge in [-0.05, 0) is 37.1 Å². The second kappa shape index (κ2) is 7.46. The Morgan fingerprint density at radius 2 is 2.04 bits per heavy atom. The van der Waals surface area contributed by atoms with Crippen LogP contribution in [0, 0.1) is 5.92 Å². The maximum atomic E-state index is 13.1. The van der Waals surface area contributed by atoms with Gasteiger partial charge in [-0.25, -0.2) is 0 Å². The van der Waals surface area contributed by atoms with Crippen molar-refractivity contribution in [1.82, 2.24) is 4.90 Å². The number of amides is 1. The third-order valence-electron chi connectivity index (χ3n) is 4.25. The van der Waals surface area contributed by atoms with E-state index < -0.39 is 6.17 Å². The van der Waals surface area contributed by atoms with Gasteiger partial charge in [-0.3, -0.25) is 4.79 Å². The number of hydrogen-bond donors (Lipinski definition) is 2. The van der Waals surface area contributed by atoms with Crippen molar-refractivity contribution in [2.75, 3.05) is 18.5 Å². The number of nitrogens with zero attached hydrogens (tertiary/aromatic N) is 1. The molecule has 0 radical (unpaired) electrons. The van der Waals surface area contributed by atoms with Gasteiger partial charge in [0.15, 0.2) is 11.5 Å². The van der Waals surface area contributed by atoms with Gasteiger partial charge in [0.25, 0.3) is 5.91 Å². The molecule has 2 N–H and O–H groups in total. The molecule has 1 atom stereocenters. The van der Waals surface area contributed by atoms with Gasteiger partial charge >= 0.3 is 0 Å². The second-order valence-electron chi connectivity index (χ2n) is 6.73. The molecule has 0 fully saturated rings. The SMILES string of the molecule is CCOc1cc(C2Nc3ccccc3C(=O)N2CC(C)C)cc(Cl)c1O. The van der Waals surface area contributed by atoms with Crippen molar-refractivity contribution in [1.29, 1.82) is 0 Å². The van der Waals surface area contributed by atoms with E-state index in [0.717, 1.165) is 11.3 Å². The van der Waals surface area contributed by atoms with E-state index in [9.17, 15) is 9.90 Å². The minimum Gasteiger partial charge on any atom is -0.503 e. The van der Waals surface area contributed by atoms with Crippen LogP contribution in [0.15, 0.2) is 36.4 Å². The maximum Gasteiger partial charge on any atom is 0.257 e. The molecule has 0 bridgehead atoms. The molecule has 0 aromatic heterocycles. The number of rotatable bonds is 5. The van der Waals surface area contributed by atoms with Gasteiger partial charge in [0.05, 0.1) is 17.2 Å². The zero-order valence-electron chi connectivity index (χ0n) is 15.1. The van der Waals surface area contributed by atoms with Crippen LogP contribution in [0.1, 0.15) is 42.9 Å². The lowest BCUT2D eigenvalue weighted by Crippen LogP contribution is -2.44. The third-order valence-corrected chi connectivity index (χ3v) is 4.54. The Hall–Kier alpha value is -2.40. The molecule has 1 amide bonds. The number of benzene rings is 2. The quantitative estimate of drug-likeness (QED) is 0.798. The average molecular weight is 375 g/mol. The van der Waals surface area contributed by atoms with Gasteiger partial charge in [0, 0.05) is 17.8 Å². The van der Waals surface area contributed by atoms with Crippen LogP contribution in [0.5, 0.6) is 11.5 Å². The number of phenolic OH excluding ortho intramolecular Hbond substituents is 1.